The Kier molecular flexibility index (Phi) is 8.42. The number of aliphatic imine (C=N–C) groups is 1. The van der Waals surface area contributed by atoms with E-state index in [1.807, 2.05) is 13.1 Å². The van der Waals surface area contributed by atoms with Crippen molar-refractivity contribution in [3.05, 3.63) is 29.6 Å². The molecule has 1 aromatic heterocycles. The fourth-order valence-electron chi connectivity index (χ4n) is 3.70. The molecule has 0 aromatic carbocycles. The Hall–Kier alpha value is -0.890. The molecule has 2 fully saturated rings. The summed E-state index contributed by atoms with van der Waals surface area (Å²) in [6, 6.07) is 4.95. The van der Waals surface area contributed by atoms with Crippen LogP contribution in [0, 0.1) is 6.92 Å². The zero-order valence-corrected chi connectivity index (χ0v) is 17.9. The Morgan fingerprint density at radius 1 is 1.28 bits per heavy atom. The number of halogens is 1. The van der Waals surface area contributed by atoms with Gasteiger partial charge in [-0.25, -0.2) is 0 Å². The van der Waals surface area contributed by atoms with Crippen LogP contribution in [-0.2, 0) is 6.42 Å². The van der Waals surface area contributed by atoms with Crippen LogP contribution in [0.1, 0.15) is 37.4 Å². The van der Waals surface area contributed by atoms with E-state index in [1.165, 1.54) is 37.9 Å². The molecule has 3 heterocycles. The van der Waals surface area contributed by atoms with Crippen molar-refractivity contribution in [2.45, 2.75) is 45.6 Å². The summed E-state index contributed by atoms with van der Waals surface area (Å²) in [5.74, 6) is 1.08. The fourth-order valence-corrected chi connectivity index (χ4v) is 3.70. The zero-order chi connectivity index (χ0) is 16.8. The molecular weight excluding hydrogens is 425 g/mol. The van der Waals surface area contributed by atoms with Crippen LogP contribution in [0.2, 0.25) is 0 Å². The minimum absolute atomic E-state index is 0. The lowest BCUT2D eigenvalue weighted by Gasteiger charge is -2.25. The van der Waals surface area contributed by atoms with E-state index in [-0.39, 0.29) is 24.0 Å². The highest BCUT2D eigenvalue weighted by Crippen LogP contribution is 2.20. The standard InChI is InChI=1S/C19H31N5.HI/c1-3-20-19(21-10-8-17-7-6-16(2)22-14-17)24-13-9-18(15-24)23-11-4-5-12-23;/h6-7,14,18H,3-5,8-13,15H2,1-2H3,(H,20,21);1H. The van der Waals surface area contributed by atoms with Gasteiger partial charge >= 0.3 is 0 Å². The molecule has 1 atom stereocenters. The van der Waals surface area contributed by atoms with Gasteiger partial charge in [-0.05, 0) is 64.3 Å². The largest absolute Gasteiger partial charge is 0.357 e. The van der Waals surface area contributed by atoms with Gasteiger partial charge in [-0.3, -0.25) is 14.9 Å². The molecule has 25 heavy (non-hydrogen) atoms. The lowest BCUT2D eigenvalue weighted by atomic mass is 10.2. The normalized spacial score (nSPS) is 21.4. The molecule has 1 aromatic rings. The summed E-state index contributed by atoms with van der Waals surface area (Å²) in [5, 5.41) is 3.47. The summed E-state index contributed by atoms with van der Waals surface area (Å²) in [5.41, 5.74) is 2.33. The molecular formula is C19H32IN5. The van der Waals surface area contributed by atoms with Crippen molar-refractivity contribution in [2.75, 3.05) is 39.3 Å². The molecule has 0 bridgehead atoms. The van der Waals surface area contributed by atoms with Crippen molar-refractivity contribution >= 4 is 29.9 Å². The van der Waals surface area contributed by atoms with E-state index in [0.717, 1.165) is 50.3 Å². The zero-order valence-electron chi connectivity index (χ0n) is 15.6. The monoisotopic (exact) mass is 457 g/mol. The van der Waals surface area contributed by atoms with Gasteiger partial charge in [0.05, 0.1) is 0 Å². The summed E-state index contributed by atoms with van der Waals surface area (Å²) >= 11 is 0. The SMILES string of the molecule is CCNC(=NCCc1ccc(C)nc1)N1CCC(N2CCCC2)C1.I. The number of likely N-dealkylation sites (tertiary alicyclic amines) is 2. The van der Waals surface area contributed by atoms with Crippen LogP contribution in [-0.4, -0.2) is 66.1 Å². The molecule has 1 N–H and O–H groups in total. The Labute approximate surface area is 169 Å². The van der Waals surface area contributed by atoms with Crippen molar-refractivity contribution < 1.29 is 0 Å². The maximum atomic E-state index is 4.86. The fraction of sp³-hybridized carbons (Fsp3) is 0.684. The molecule has 140 valence electrons. The summed E-state index contributed by atoms with van der Waals surface area (Å²) < 4.78 is 0. The third-order valence-electron chi connectivity index (χ3n) is 5.09. The molecule has 0 saturated carbocycles. The average Bonchev–Trinajstić information content (AvgIpc) is 3.27. The van der Waals surface area contributed by atoms with Crippen molar-refractivity contribution in [1.82, 2.24) is 20.1 Å². The van der Waals surface area contributed by atoms with Crippen LogP contribution in [0.3, 0.4) is 0 Å². The number of hydrogen-bond donors (Lipinski definition) is 1. The molecule has 0 amide bonds. The summed E-state index contributed by atoms with van der Waals surface area (Å²) in [4.78, 5) is 14.3. The molecule has 0 aliphatic carbocycles. The minimum atomic E-state index is 0. The van der Waals surface area contributed by atoms with Crippen molar-refractivity contribution in [3.63, 3.8) is 0 Å². The molecule has 3 rings (SSSR count). The summed E-state index contributed by atoms with van der Waals surface area (Å²) in [6.07, 6.45) is 6.93. The van der Waals surface area contributed by atoms with E-state index in [2.05, 4.69) is 39.2 Å². The van der Waals surface area contributed by atoms with Gasteiger partial charge in [0.1, 0.15) is 0 Å². The molecule has 2 saturated heterocycles. The molecule has 1 unspecified atom stereocenters. The predicted molar refractivity (Wildman–Crippen MR) is 115 cm³/mol. The van der Waals surface area contributed by atoms with Crippen LogP contribution < -0.4 is 5.32 Å². The number of guanidine groups is 1. The highest BCUT2D eigenvalue weighted by molar-refractivity contribution is 14.0. The Morgan fingerprint density at radius 3 is 2.76 bits per heavy atom. The third kappa shape index (κ3) is 5.81. The second-order valence-corrected chi connectivity index (χ2v) is 6.93. The van der Waals surface area contributed by atoms with E-state index in [4.69, 9.17) is 4.99 Å². The maximum Gasteiger partial charge on any atom is 0.193 e. The van der Waals surface area contributed by atoms with Gasteiger partial charge in [-0.15, -0.1) is 24.0 Å². The van der Waals surface area contributed by atoms with Gasteiger partial charge < -0.3 is 10.2 Å². The van der Waals surface area contributed by atoms with Crippen molar-refractivity contribution in [3.8, 4) is 0 Å². The highest BCUT2D eigenvalue weighted by atomic mass is 127. The number of hydrogen-bond acceptors (Lipinski definition) is 3. The summed E-state index contributed by atoms with van der Waals surface area (Å²) in [7, 11) is 0. The highest BCUT2D eigenvalue weighted by Gasteiger charge is 2.30. The lowest BCUT2D eigenvalue weighted by molar-refractivity contribution is 0.249. The van der Waals surface area contributed by atoms with Crippen LogP contribution in [0.4, 0.5) is 0 Å². The second kappa shape index (κ2) is 10.3. The first-order chi connectivity index (χ1) is 11.8. The van der Waals surface area contributed by atoms with Crippen LogP contribution >= 0.6 is 24.0 Å². The molecule has 2 aliphatic heterocycles. The van der Waals surface area contributed by atoms with Gasteiger partial charge in [-0.2, -0.15) is 0 Å². The minimum Gasteiger partial charge on any atom is -0.357 e. The topological polar surface area (TPSA) is 43.8 Å². The van der Waals surface area contributed by atoms with E-state index >= 15 is 0 Å². The first-order valence-corrected chi connectivity index (χ1v) is 9.45. The predicted octanol–water partition coefficient (Wildman–Crippen LogP) is 2.69. The van der Waals surface area contributed by atoms with E-state index in [1.54, 1.807) is 0 Å². The Morgan fingerprint density at radius 2 is 2.08 bits per heavy atom. The number of aryl methyl sites for hydroxylation is 1. The number of nitrogens with one attached hydrogen (secondary N) is 1. The van der Waals surface area contributed by atoms with E-state index in [9.17, 15) is 0 Å². The lowest BCUT2D eigenvalue weighted by Crippen LogP contribution is -2.42. The van der Waals surface area contributed by atoms with E-state index in [0.29, 0.717) is 0 Å². The van der Waals surface area contributed by atoms with Crippen molar-refractivity contribution in [2.24, 2.45) is 4.99 Å². The van der Waals surface area contributed by atoms with Gasteiger partial charge in [-0.1, -0.05) is 6.07 Å². The van der Waals surface area contributed by atoms with Crippen LogP contribution in [0.5, 0.6) is 0 Å². The van der Waals surface area contributed by atoms with Gasteiger partial charge in [0, 0.05) is 44.1 Å². The maximum absolute atomic E-state index is 4.86. The first kappa shape index (κ1) is 20.4. The van der Waals surface area contributed by atoms with E-state index < -0.39 is 0 Å². The van der Waals surface area contributed by atoms with Gasteiger partial charge in [0.2, 0.25) is 0 Å². The number of nitrogens with zero attached hydrogens (tertiary/aromatic N) is 4. The third-order valence-corrected chi connectivity index (χ3v) is 5.09. The summed E-state index contributed by atoms with van der Waals surface area (Å²) in [6.45, 7) is 10.7. The molecule has 5 nitrogen and oxygen atoms in total. The van der Waals surface area contributed by atoms with Crippen LogP contribution in [0.25, 0.3) is 0 Å². The molecule has 0 radical (unpaired) electrons. The Bertz CT molecular complexity index is 539. The Balaban J connectivity index is 0.00000225. The number of pyridine rings is 1. The second-order valence-electron chi connectivity index (χ2n) is 6.93. The van der Waals surface area contributed by atoms with Crippen molar-refractivity contribution in [1.29, 1.82) is 0 Å². The quantitative estimate of drug-likeness (QED) is 0.420. The molecule has 6 heteroatoms. The first-order valence-electron chi connectivity index (χ1n) is 9.45. The van der Waals surface area contributed by atoms with Crippen LogP contribution in [0.15, 0.2) is 23.3 Å². The van der Waals surface area contributed by atoms with Gasteiger partial charge in [0.15, 0.2) is 5.96 Å². The number of aromatic nitrogens is 1. The van der Waals surface area contributed by atoms with Gasteiger partial charge in [0.25, 0.3) is 0 Å². The number of rotatable bonds is 5. The molecule has 2 aliphatic rings. The molecule has 0 spiro atoms. The smallest absolute Gasteiger partial charge is 0.193 e. The average molecular weight is 457 g/mol.